The molecule has 0 bridgehead atoms. The van der Waals surface area contributed by atoms with Gasteiger partial charge in [-0.05, 0) is 12.8 Å². The molecule has 0 N–H and O–H groups in total. The van der Waals surface area contributed by atoms with Crippen molar-refractivity contribution >= 4 is 11.6 Å². The Kier molecular flexibility index (Phi) is 3.60. The molecule has 0 aliphatic rings. The van der Waals surface area contributed by atoms with Crippen molar-refractivity contribution < 1.29 is 0 Å². The molecule has 0 aromatic carbocycles. The number of halogens is 1. The first-order valence-corrected chi connectivity index (χ1v) is 4.78. The van der Waals surface area contributed by atoms with Gasteiger partial charge in [-0.3, -0.25) is 0 Å². The number of hydrogen-bond acceptors (Lipinski definition) is 1. The molecule has 0 radical (unpaired) electrons. The van der Waals surface area contributed by atoms with E-state index < -0.39 is 0 Å². The maximum Gasteiger partial charge on any atom is 0.108 e. The first-order chi connectivity index (χ1) is 5.74. The summed E-state index contributed by atoms with van der Waals surface area (Å²) in [6, 6.07) is 0. The number of alkyl halides is 1. The molecule has 68 valence electrons. The molecule has 1 unspecified atom stereocenters. The number of imidazole rings is 1. The molecule has 1 aromatic rings. The third kappa shape index (κ3) is 2.52. The van der Waals surface area contributed by atoms with Gasteiger partial charge in [-0.2, -0.15) is 0 Å². The van der Waals surface area contributed by atoms with Crippen LogP contribution in [0, 0.1) is 0 Å². The van der Waals surface area contributed by atoms with Crippen molar-refractivity contribution in [3.63, 3.8) is 0 Å². The van der Waals surface area contributed by atoms with Crippen molar-refractivity contribution in [2.75, 3.05) is 0 Å². The number of rotatable bonds is 4. The van der Waals surface area contributed by atoms with E-state index in [1.165, 1.54) is 0 Å². The maximum atomic E-state index is 6.00. The molecule has 1 rings (SSSR count). The van der Waals surface area contributed by atoms with Gasteiger partial charge in [0.05, 0.1) is 0 Å². The predicted octanol–water partition coefficient (Wildman–Crippen LogP) is 2.37. The monoisotopic (exact) mass is 186 g/mol. The molecule has 0 fully saturated rings. The van der Waals surface area contributed by atoms with Crippen molar-refractivity contribution in [2.24, 2.45) is 7.05 Å². The highest BCUT2D eigenvalue weighted by Gasteiger charge is 2.04. The second kappa shape index (κ2) is 4.51. The van der Waals surface area contributed by atoms with Crippen molar-refractivity contribution in [1.82, 2.24) is 9.55 Å². The largest absolute Gasteiger partial charge is 0.338 e. The average molecular weight is 187 g/mol. The van der Waals surface area contributed by atoms with Crippen molar-refractivity contribution in [3.8, 4) is 0 Å². The smallest absolute Gasteiger partial charge is 0.108 e. The summed E-state index contributed by atoms with van der Waals surface area (Å²) in [5.41, 5.74) is 0. The van der Waals surface area contributed by atoms with Gasteiger partial charge < -0.3 is 4.57 Å². The van der Waals surface area contributed by atoms with Crippen LogP contribution >= 0.6 is 11.6 Å². The zero-order chi connectivity index (χ0) is 8.97. The summed E-state index contributed by atoms with van der Waals surface area (Å²) in [6.45, 7) is 2.11. The Morgan fingerprint density at radius 3 is 2.92 bits per heavy atom. The molecular formula is C9H15ClN2. The van der Waals surface area contributed by atoms with Gasteiger partial charge >= 0.3 is 0 Å². The lowest BCUT2D eigenvalue weighted by Crippen LogP contribution is -2.03. The highest BCUT2D eigenvalue weighted by atomic mass is 35.5. The summed E-state index contributed by atoms with van der Waals surface area (Å²) in [4.78, 5) is 4.23. The lowest BCUT2D eigenvalue weighted by molar-refractivity contribution is 0.678. The molecule has 3 heteroatoms. The molecule has 0 aliphatic carbocycles. The van der Waals surface area contributed by atoms with E-state index in [0.29, 0.717) is 5.38 Å². The molecule has 1 atom stereocenters. The zero-order valence-corrected chi connectivity index (χ0v) is 8.38. The van der Waals surface area contributed by atoms with Crippen LogP contribution in [0.2, 0.25) is 0 Å². The van der Waals surface area contributed by atoms with E-state index in [9.17, 15) is 0 Å². The Morgan fingerprint density at radius 1 is 1.67 bits per heavy atom. The van der Waals surface area contributed by atoms with Gasteiger partial charge in [0.2, 0.25) is 0 Å². The fraction of sp³-hybridized carbons (Fsp3) is 0.667. The number of aromatic nitrogens is 2. The normalized spacial score (nSPS) is 13.2. The number of hydrogen-bond donors (Lipinski definition) is 0. The second-order valence-corrected chi connectivity index (χ2v) is 3.62. The molecule has 12 heavy (non-hydrogen) atoms. The van der Waals surface area contributed by atoms with E-state index in [0.717, 1.165) is 25.1 Å². The van der Waals surface area contributed by atoms with E-state index in [-0.39, 0.29) is 0 Å². The van der Waals surface area contributed by atoms with Crippen LogP contribution in [0.15, 0.2) is 12.4 Å². The Morgan fingerprint density at radius 2 is 2.42 bits per heavy atom. The van der Waals surface area contributed by atoms with Gasteiger partial charge in [0, 0.05) is 31.2 Å². The Labute approximate surface area is 78.6 Å². The van der Waals surface area contributed by atoms with Crippen LogP contribution in [-0.2, 0) is 13.5 Å². The first-order valence-electron chi connectivity index (χ1n) is 4.34. The van der Waals surface area contributed by atoms with Crippen molar-refractivity contribution in [3.05, 3.63) is 18.2 Å². The van der Waals surface area contributed by atoms with Gasteiger partial charge in [0.15, 0.2) is 0 Å². The van der Waals surface area contributed by atoms with Crippen LogP contribution in [0.25, 0.3) is 0 Å². The molecule has 2 nitrogen and oxygen atoms in total. The van der Waals surface area contributed by atoms with Crippen molar-refractivity contribution in [2.45, 2.75) is 31.6 Å². The fourth-order valence-electron chi connectivity index (χ4n) is 1.13. The predicted molar refractivity (Wildman–Crippen MR) is 51.5 cm³/mol. The minimum Gasteiger partial charge on any atom is -0.338 e. The van der Waals surface area contributed by atoms with E-state index in [4.69, 9.17) is 11.6 Å². The van der Waals surface area contributed by atoms with Crippen LogP contribution in [0.3, 0.4) is 0 Å². The average Bonchev–Trinajstić information content (AvgIpc) is 2.47. The van der Waals surface area contributed by atoms with E-state index >= 15 is 0 Å². The highest BCUT2D eigenvalue weighted by molar-refractivity contribution is 6.20. The molecule has 0 saturated carbocycles. The quantitative estimate of drug-likeness (QED) is 0.661. The summed E-state index contributed by atoms with van der Waals surface area (Å²) in [5, 5.41) is 0.293. The Bertz CT molecular complexity index is 232. The lowest BCUT2D eigenvalue weighted by Gasteiger charge is -2.05. The van der Waals surface area contributed by atoms with Gasteiger partial charge in [0.25, 0.3) is 0 Å². The number of aryl methyl sites for hydroxylation is 2. The number of nitrogens with zero attached hydrogens (tertiary/aromatic N) is 2. The maximum absolute atomic E-state index is 6.00. The van der Waals surface area contributed by atoms with Crippen LogP contribution in [0.4, 0.5) is 0 Å². The summed E-state index contributed by atoms with van der Waals surface area (Å²) in [6.07, 6.45) is 6.81. The summed E-state index contributed by atoms with van der Waals surface area (Å²) in [5.74, 6) is 1.12. The Balaban J connectivity index is 2.38. The SMILES string of the molecule is CCC(Cl)CCc1nccn1C. The summed E-state index contributed by atoms with van der Waals surface area (Å²) >= 11 is 6.00. The minimum absolute atomic E-state index is 0.293. The van der Waals surface area contributed by atoms with Crippen molar-refractivity contribution in [1.29, 1.82) is 0 Å². The molecule has 0 aliphatic heterocycles. The summed E-state index contributed by atoms with van der Waals surface area (Å²) in [7, 11) is 2.01. The topological polar surface area (TPSA) is 17.8 Å². The van der Waals surface area contributed by atoms with Crippen LogP contribution in [0.1, 0.15) is 25.6 Å². The minimum atomic E-state index is 0.293. The summed E-state index contributed by atoms with van der Waals surface area (Å²) < 4.78 is 2.04. The third-order valence-corrected chi connectivity index (χ3v) is 2.57. The fourth-order valence-corrected chi connectivity index (χ4v) is 1.24. The highest BCUT2D eigenvalue weighted by Crippen LogP contribution is 2.10. The van der Waals surface area contributed by atoms with E-state index in [1.54, 1.807) is 0 Å². The van der Waals surface area contributed by atoms with Gasteiger partial charge in [-0.25, -0.2) is 4.98 Å². The molecule has 1 aromatic heterocycles. The molecule has 1 heterocycles. The van der Waals surface area contributed by atoms with Gasteiger partial charge in [-0.15, -0.1) is 11.6 Å². The molecular weight excluding hydrogens is 172 g/mol. The van der Waals surface area contributed by atoms with E-state index in [2.05, 4.69) is 11.9 Å². The van der Waals surface area contributed by atoms with E-state index in [1.807, 2.05) is 24.0 Å². The van der Waals surface area contributed by atoms with Crippen LogP contribution in [0.5, 0.6) is 0 Å². The van der Waals surface area contributed by atoms with Crippen LogP contribution < -0.4 is 0 Å². The van der Waals surface area contributed by atoms with Gasteiger partial charge in [0.1, 0.15) is 5.82 Å². The standard InChI is InChI=1S/C9H15ClN2/c1-3-8(10)4-5-9-11-6-7-12(9)2/h6-8H,3-5H2,1-2H3. The molecule has 0 saturated heterocycles. The molecule has 0 spiro atoms. The van der Waals surface area contributed by atoms with Crippen LogP contribution in [-0.4, -0.2) is 14.9 Å². The lowest BCUT2D eigenvalue weighted by atomic mass is 10.2. The Hall–Kier alpha value is -0.500. The first kappa shape index (κ1) is 9.59. The second-order valence-electron chi connectivity index (χ2n) is 3.00. The molecule has 0 amide bonds. The van der Waals surface area contributed by atoms with Gasteiger partial charge in [-0.1, -0.05) is 6.92 Å². The third-order valence-electron chi connectivity index (χ3n) is 2.05. The zero-order valence-electron chi connectivity index (χ0n) is 7.63.